The Labute approximate surface area is 116 Å². The smallest absolute Gasteiger partial charge is 0.425 e. The van der Waals surface area contributed by atoms with Crippen LogP contribution in [0.1, 0.15) is 26.2 Å². The standard InChI is InChI=1S/C11H15ClNO5P/c1-2-3-9-11(12)19(16,18-13(14)15)17-10-7-5-4-6-8-10/h4-8,11H,2-3,9H2,1H3. The molecule has 0 aromatic heterocycles. The molecule has 0 fully saturated rings. The van der Waals surface area contributed by atoms with Gasteiger partial charge in [0.15, 0.2) is 0 Å². The molecule has 0 amide bonds. The summed E-state index contributed by atoms with van der Waals surface area (Å²) in [7, 11) is -4.05. The van der Waals surface area contributed by atoms with Crippen LogP contribution in [0.2, 0.25) is 0 Å². The van der Waals surface area contributed by atoms with Crippen molar-refractivity contribution in [3.8, 4) is 5.75 Å². The number of nitrogens with zero attached hydrogens (tertiary/aromatic N) is 1. The van der Waals surface area contributed by atoms with Gasteiger partial charge in [-0.05, 0) is 18.6 Å². The second-order valence-corrected chi connectivity index (χ2v) is 6.71. The molecular formula is C11H15ClNO5P. The first kappa shape index (κ1) is 15.8. The lowest BCUT2D eigenvalue weighted by molar-refractivity contribution is -0.715. The fraction of sp³-hybridized carbons (Fsp3) is 0.455. The summed E-state index contributed by atoms with van der Waals surface area (Å²) in [6.07, 6.45) is 1.82. The van der Waals surface area contributed by atoms with Crippen LogP contribution in [0.15, 0.2) is 30.3 Å². The molecule has 1 aromatic carbocycles. The van der Waals surface area contributed by atoms with E-state index in [0.29, 0.717) is 12.8 Å². The minimum atomic E-state index is -4.05. The molecule has 0 bridgehead atoms. The maximum Gasteiger partial charge on any atom is 0.433 e. The van der Waals surface area contributed by atoms with Gasteiger partial charge in [0.1, 0.15) is 10.9 Å². The van der Waals surface area contributed by atoms with Gasteiger partial charge in [0.05, 0.1) is 0 Å². The molecule has 0 radical (unpaired) electrons. The van der Waals surface area contributed by atoms with Crippen LogP contribution in [0.25, 0.3) is 0 Å². The average molecular weight is 308 g/mol. The Hall–Kier alpha value is -1.26. The van der Waals surface area contributed by atoms with Crippen LogP contribution in [0, 0.1) is 10.1 Å². The van der Waals surface area contributed by atoms with E-state index in [1.54, 1.807) is 18.2 Å². The average Bonchev–Trinajstić information content (AvgIpc) is 2.36. The SMILES string of the molecule is CCCCC(Cl)P(=O)(Oc1ccccc1)O[N+](=O)[O-]. The summed E-state index contributed by atoms with van der Waals surface area (Å²) in [6.45, 7) is 1.93. The van der Waals surface area contributed by atoms with Crippen LogP contribution in [-0.2, 0) is 9.19 Å². The van der Waals surface area contributed by atoms with Crippen LogP contribution in [0.3, 0.4) is 0 Å². The molecule has 0 saturated heterocycles. The molecule has 19 heavy (non-hydrogen) atoms. The van der Waals surface area contributed by atoms with Crippen molar-refractivity contribution >= 4 is 19.2 Å². The number of para-hydroxylation sites is 1. The molecule has 6 nitrogen and oxygen atoms in total. The fourth-order valence-corrected chi connectivity index (χ4v) is 3.11. The van der Waals surface area contributed by atoms with E-state index in [-0.39, 0.29) is 5.75 Å². The summed E-state index contributed by atoms with van der Waals surface area (Å²) in [6, 6.07) is 8.10. The molecule has 0 aliphatic carbocycles. The first-order valence-corrected chi connectivity index (χ1v) is 7.85. The Balaban J connectivity index is 2.86. The van der Waals surface area contributed by atoms with Gasteiger partial charge in [-0.1, -0.05) is 38.0 Å². The Morgan fingerprint density at radius 1 is 1.42 bits per heavy atom. The van der Waals surface area contributed by atoms with Gasteiger partial charge in [0, 0.05) is 0 Å². The van der Waals surface area contributed by atoms with Gasteiger partial charge in [0.2, 0.25) is 0 Å². The zero-order chi connectivity index (χ0) is 14.3. The Kier molecular flexibility index (Phi) is 6.12. The predicted molar refractivity (Wildman–Crippen MR) is 71.9 cm³/mol. The molecule has 0 spiro atoms. The van der Waals surface area contributed by atoms with Crippen LogP contribution >= 0.6 is 19.2 Å². The van der Waals surface area contributed by atoms with Gasteiger partial charge in [-0.2, -0.15) is 0 Å². The highest BCUT2D eigenvalue weighted by atomic mass is 35.5. The van der Waals surface area contributed by atoms with E-state index in [0.717, 1.165) is 6.42 Å². The van der Waals surface area contributed by atoms with Crippen LogP contribution in [-0.4, -0.2) is 10.2 Å². The number of benzene rings is 1. The summed E-state index contributed by atoms with van der Waals surface area (Å²) >= 11 is 5.94. The molecule has 8 heteroatoms. The third-order valence-corrected chi connectivity index (χ3v) is 5.00. The second kappa shape index (κ2) is 7.36. The highest BCUT2D eigenvalue weighted by molar-refractivity contribution is 7.56. The van der Waals surface area contributed by atoms with Crippen molar-refractivity contribution in [3.63, 3.8) is 0 Å². The van der Waals surface area contributed by atoms with E-state index >= 15 is 0 Å². The molecule has 0 aliphatic rings. The lowest BCUT2D eigenvalue weighted by Gasteiger charge is -2.20. The molecule has 0 saturated carbocycles. The third-order valence-electron chi connectivity index (χ3n) is 2.30. The second-order valence-electron chi connectivity index (χ2n) is 3.83. The Morgan fingerprint density at radius 2 is 2.05 bits per heavy atom. The minimum Gasteiger partial charge on any atom is -0.425 e. The minimum absolute atomic E-state index is 0.217. The third kappa shape index (κ3) is 5.09. The van der Waals surface area contributed by atoms with Gasteiger partial charge in [-0.25, -0.2) is 9.19 Å². The van der Waals surface area contributed by atoms with E-state index in [1.165, 1.54) is 12.1 Å². The van der Waals surface area contributed by atoms with Crippen molar-refractivity contribution in [1.82, 2.24) is 0 Å². The molecule has 2 atom stereocenters. The lowest BCUT2D eigenvalue weighted by Crippen LogP contribution is -2.12. The molecule has 2 unspecified atom stereocenters. The molecule has 0 aliphatic heterocycles. The molecule has 0 heterocycles. The van der Waals surface area contributed by atoms with E-state index < -0.39 is 17.8 Å². The number of rotatable bonds is 8. The van der Waals surface area contributed by atoms with Crippen molar-refractivity contribution in [2.45, 2.75) is 31.3 Å². The maximum atomic E-state index is 12.4. The normalized spacial score (nSPS) is 15.3. The van der Waals surface area contributed by atoms with Gasteiger partial charge in [0.25, 0.3) is 0 Å². The van der Waals surface area contributed by atoms with Gasteiger partial charge < -0.3 is 4.52 Å². The Morgan fingerprint density at radius 3 is 2.58 bits per heavy atom. The number of hydrogen-bond acceptors (Lipinski definition) is 5. The first-order valence-electron chi connectivity index (χ1n) is 5.80. The number of hydrogen-bond donors (Lipinski definition) is 0. The topological polar surface area (TPSA) is 78.7 Å². The largest absolute Gasteiger partial charge is 0.433 e. The summed E-state index contributed by atoms with van der Waals surface area (Å²) in [5, 5.41) is 8.26. The highest BCUT2D eigenvalue weighted by Gasteiger charge is 2.38. The van der Waals surface area contributed by atoms with Crippen molar-refractivity contribution in [1.29, 1.82) is 0 Å². The predicted octanol–water partition coefficient (Wildman–Crippen LogP) is 4.22. The van der Waals surface area contributed by atoms with Gasteiger partial charge in [-0.3, -0.25) is 0 Å². The summed E-state index contributed by atoms with van der Waals surface area (Å²) in [5.74, 6) is 0.217. The zero-order valence-corrected chi connectivity index (χ0v) is 12.0. The number of alkyl halides is 1. The summed E-state index contributed by atoms with van der Waals surface area (Å²) in [5.41, 5.74) is 0. The van der Waals surface area contributed by atoms with Crippen LogP contribution < -0.4 is 4.52 Å². The van der Waals surface area contributed by atoms with Gasteiger partial charge >= 0.3 is 12.7 Å². The van der Waals surface area contributed by atoms with E-state index in [4.69, 9.17) is 16.1 Å². The van der Waals surface area contributed by atoms with Gasteiger partial charge in [-0.15, -0.1) is 21.7 Å². The number of halogens is 1. The summed E-state index contributed by atoms with van der Waals surface area (Å²) < 4.78 is 21.7. The van der Waals surface area contributed by atoms with Crippen molar-refractivity contribution < 1.29 is 18.8 Å². The van der Waals surface area contributed by atoms with E-state index in [2.05, 4.69) is 4.62 Å². The first-order chi connectivity index (χ1) is 8.98. The Bertz CT molecular complexity index is 456. The van der Waals surface area contributed by atoms with Crippen LogP contribution in [0.5, 0.6) is 5.75 Å². The fourth-order valence-electron chi connectivity index (χ4n) is 1.38. The quantitative estimate of drug-likeness (QED) is 0.311. The highest BCUT2D eigenvalue weighted by Crippen LogP contribution is 2.56. The molecule has 106 valence electrons. The lowest BCUT2D eigenvalue weighted by atomic mass is 10.3. The van der Waals surface area contributed by atoms with E-state index in [9.17, 15) is 14.7 Å². The monoisotopic (exact) mass is 307 g/mol. The number of unbranched alkanes of at least 4 members (excludes halogenated alkanes) is 1. The van der Waals surface area contributed by atoms with Crippen molar-refractivity contribution in [3.05, 3.63) is 40.4 Å². The van der Waals surface area contributed by atoms with Crippen molar-refractivity contribution in [2.75, 3.05) is 0 Å². The van der Waals surface area contributed by atoms with E-state index in [1.807, 2.05) is 6.92 Å². The zero-order valence-electron chi connectivity index (χ0n) is 10.4. The van der Waals surface area contributed by atoms with Crippen LogP contribution in [0.4, 0.5) is 0 Å². The summed E-state index contributed by atoms with van der Waals surface area (Å²) in [4.78, 5) is 10.5. The van der Waals surface area contributed by atoms with Crippen molar-refractivity contribution in [2.24, 2.45) is 0 Å². The molecule has 0 N–H and O–H groups in total. The molecule has 1 aromatic rings. The maximum absolute atomic E-state index is 12.4. The molecule has 1 rings (SSSR count). The molecular weight excluding hydrogens is 293 g/mol.